The van der Waals surface area contributed by atoms with Gasteiger partial charge in [-0.1, -0.05) is 42.8 Å². The first kappa shape index (κ1) is 31.6. The molecule has 1 N–H and O–H groups in total. The molecule has 0 saturated carbocycles. The molecule has 220 valence electrons. The van der Waals surface area contributed by atoms with Crippen LogP contribution in [0.25, 0.3) is 0 Å². The fourth-order valence-corrected chi connectivity index (χ4v) is 5.60. The van der Waals surface area contributed by atoms with Crippen LogP contribution in [-0.4, -0.2) is 50.9 Å². The smallest absolute Gasteiger partial charge is 0.264 e. The van der Waals surface area contributed by atoms with E-state index in [1.54, 1.807) is 37.3 Å². The number of amides is 2. The summed E-state index contributed by atoms with van der Waals surface area (Å²) in [4.78, 5) is 28.5. The number of carbonyl (C=O) groups is 2. The number of hydrogen-bond acceptors (Lipinski definition) is 5. The van der Waals surface area contributed by atoms with Crippen molar-refractivity contribution in [3.8, 4) is 5.75 Å². The molecular formula is C31H38FN3O5S. The topological polar surface area (TPSA) is 96.0 Å². The predicted octanol–water partition coefficient (Wildman–Crippen LogP) is 4.98. The summed E-state index contributed by atoms with van der Waals surface area (Å²) in [5, 5.41) is 2.89. The Kier molecular flexibility index (Phi) is 10.5. The standard InChI is InChI=1S/C31H38FN3O5S/c1-7-23(4)33-31(37)24(5)34(19-25-11-13-26(32)14-12-25)30(36)20-35(28-18-22(3)10-17-29(28)40-6)41(38,39)27-15-8-21(2)9-16-27/h8-18,23-24H,7,19-20H2,1-6H3,(H,33,37)/t23-,24+/m1/s1. The van der Waals surface area contributed by atoms with Gasteiger partial charge >= 0.3 is 0 Å². The summed E-state index contributed by atoms with van der Waals surface area (Å²) >= 11 is 0. The van der Waals surface area contributed by atoms with E-state index in [2.05, 4.69) is 5.32 Å². The molecule has 3 aromatic rings. The van der Waals surface area contributed by atoms with E-state index in [4.69, 9.17) is 4.74 Å². The number of rotatable bonds is 12. The first-order chi connectivity index (χ1) is 19.4. The number of hydrogen-bond donors (Lipinski definition) is 1. The Hall–Kier alpha value is -3.92. The molecule has 3 rings (SSSR count). The van der Waals surface area contributed by atoms with Crippen LogP contribution < -0.4 is 14.4 Å². The highest BCUT2D eigenvalue weighted by atomic mass is 32.2. The lowest BCUT2D eigenvalue weighted by molar-refractivity contribution is -0.139. The summed E-state index contributed by atoms with van der Waals surface area (Å²) in [5.74, 6) is -1.15. The van der Waals surface area contributed by atoms with E-state index in [1.807, 2.05) is 27.7 Å². The molecule has 0 aliphatic rings. The average molecular weight is 584 g/mol. The van der Waals surface area contributed by atoms with Crippen molar-refractivity contribution in [3.63, 3.8) is 0 Å². The fourth-order valence-electron chi connectivity index (χ4n) is 4.18. The molecule has 0 heterocycles. The van der Waals surface area contributed by atoms with Gasteiger partial charge in [0.25, 0.3) is 10.0 Å². The van der Waals surface area contributed by atoms with Gasteiger partial charge in [0.1, 0.15) is 24.2 Å². The highest BCUT2D eigenvalue weighted by Gasteiger charge is 2.34. The van der Waals surface area contributed by atoms with Gasteiger partial charge in [0.05, 0.1) is 17.7 Å². The first-order valence-corrected chi connectivity index (χ1v) is 14.9. The fraction of sp³-hybridized carbons (Fsp3) is 0.355. The molecule has 2 amide bonds. The van der Waals surface area contributed by atoms with Crippen molar-refractivity contribution < 1.29 is 27.1 Å². The number of anilines is 1. The van der Waals surface area contributed by atoms with Crippen LogP contribution in [-0.2, 0) is 26.2 Å². The quantitative estimate of drug-likeness (QED) is 0.325. The number of aryl methyl sites for hydroxylation is 2. The molecule has 0 unspecified atom stereocenters. The van der Waals surface area contributed by atoms with Crippen molar-refractivity contribution in [2.24, 2.45) is 0 Å². The van der Waals surface area contributed by atoms with E-state index >= 15 is 0 Å². The van der Waals surface area contributed by atoms with E-state index in [9.17, 15) is 22.4 Å². The van der Waals surface area contributed by atoms with Gasteiger partial charge in [0, 0.05) is 12.6 Å². The Morgan fingerprint density at radius 3 is 2.15 bits per heavy atom. The minimum atomic E-state index is -4.24. The summed E-state index contributed by atoms with van der Waals surface area (Å²) in [6.07, 6.45) is 0.695. The molecule has 3 aromatic carbocycles. The van der Waals surface area contributed by atoms with Crippen molar-refractivity contribution in [1.29, 1.82) is 0 Å². The molecule has 8 nitrogen and oxygen atoms in total. The number of halogens is 1. The van der Waals surface area contributed by atoms with E-state index in [1.165, 1.54) is 48.4 Å². The lowest BCUT2D eigenvalue weighted by atomic mass is 10.1. The minimum absolute atomic E-state index is 0.00658. The summed E-state index contributed by atoms with van der Waals surface area (Å²) in [5.41, 5.74) is 2.43. The Bertz CT molecular complexity index is 1460. The number of sulfonamides is 1. The van der Waals surface area contributed by atoms with Crippen molar-refractivity contribution in [2.45, 2.75) is 64.6 Å². The molecule has 2 atom stereocenters. The third kappa shape index (κ3) is 7.85. The minimum Gasteiger partial charge on any atom is -0.495 e. The lowest BCUT2D eigenvalue weighted by Gasteiger charge is -2.33. The number of carbonyl (C=O) groups excluding carboxylic acids is 2. The average Bonchev–Trinajstić information content (AvgIpc) is 2.95. The molecule has 0 spiro atoms. The predicted molar refractivity (Wildman–Crippen MR) is 158 cm³/mol. The number of methoxy groups -OCH3 is 1. The molecule has 10 heteroatoms. The largest absolute Gasteiger partial charge is 0.495 e. The molecule has 0 fully saturated rings. The third-order valence-corrected chi connectivity index (χ3v) is 8.70. The van der Waals surface area contributed by atoms with Crippen LogP contribution in [0, 0.1) is 19.7 Å². The van der Waals surface area contributed by atoms with Gasteiger partial charge in [-0.2, -0.15) is 0 Å². The maximum Gasteiger partial charge on any atom is 0.264 e. The Labute approximate surface area is 242 Å². The van der Waals surface area contributed by atoms with Gasteiger partial charge in [0.15, 0.2) is 0 Å². The maximum atomic E-state index is 14.0. The van der Waals surface area contributed by atoms with Crippen molar-refractivity contribution >= 4 is 27.5 Å². The van der Waals surface area contributed by atoms with Gasteiger partial charge in [-0.3, -0.25) is 13.9 Å². The zero-order valence-electron chi connectivity index (χ0n) is 24.3. The van der Waals surface area contributed by atoms with Crippen LogP contribution in [0.4, 0.5) is 10.1 Å². The van der Waals surface area contributed by atoms with E-state index < -0.39 is 34.3 Å². The molecule has 0 radical (unpaired) electrons. The van der Waals surface area contributed by atoms with E-state index in [-0.39, 0.29) is 34.8 Å². The Morgan fingerprint density at radius 1 is 0.951 bits per heavy atom. The molecule has 0 aromatic heterocycles. The first-order valence-electron chi connectivity index (χ1n) is 13.5. The number of nitrogens with zero attached hydrogens (tertiary/aromatic N) is 2. The van der Waals surface area contributed by atoms with E-state index in [0.717, 1.165) is 15.4 Å². The second-order valence-corrected chi connectivity index (χ2v) is 12.0. The number of benzene rings is 3. The van der Waals surface area contributed by atoms with Crippen LogP contribution in [0.1, 0.15) is 43.9 Å². The molecule has 0 saturated heterocycles. The highest BCUT2D eigenvalue weighted by molar-refractivity contribution is 7.92. The van der Waals surface area contributed by atoms with Crippen molar-refractivity contribution in [1.82, 2.24) is 10.2 Å². The van der Waals surface area contributed by atoms with Crippen LogP contribution in [0.3, 0.4) is 0 Å². The van der Waals surface area contributed by atoms with Crippen LogP contribution >= 0.6 is 0 Å². The number of ether oxygens (including phenoxy) is 1. The van der Waals surface area contributed by atoms with Crippen LogP contribution in [0.15, 0.2) is 71.6 Å². The molecule has 0 bridgehead atoms. The normalized spacial score (nSPS) is 12.8. The zero-order valence-corrected chi connectivity index (χ0v) is 25.2. The zero-order chi connectivity index (χ0) is 30.3. The second-order valence-electron chi connectivity index (χ2n) is 10.1. The van der Waals surface area contributed by atoms with Crippen molar-refractivity contribution in [3.05, 3.63) is 89.2 Å². The molecule has 41 heavy (non-hydrogen) atoms. The summed E-state index contributed by atoms with van der Waals surface area (Å²) in [6, 6.07) is 15.9. The Balaban J connectivity index is 2.09. The summed E-state index contributed by atoms with van der Waals surface area (Å²) in [7, 11) is -2.82. The third-order valence-electron chi connectivity index (χ3n) is 6.93. The second kappa shape index (κ2) is 13.6. The molecular weight excluding hydrogens is 545 g/mol. The number of nitrogens with one attached hydrogen (secondary N) is 1. The molecule has 0 aliphatic heterocycles. The van der Waals surface area contributed by atoms with Crippen molar-refractivity contribution in [2.75, 3.05) is 18.0 Å². The van der Waals surface area contributed by atoms with Gasteiger partial charge in [0.2, 0.25) is 11.8 Å². The van der Waals surface area contributed by atoms with Gasteiger partial charge in [-0.15, -0.1) is 0 Å². The van der Waals surface area contributed by atoms with E-state index in [0.29, 0.717) is 12.0 Å². The maximum absolute atomic E-state index is 14.0. The van der Waals surface area contributed by atoms with Gasteiger partial charge in [-0.05, 0) is 81.6 Å². The SMILES string of the molecule is CC[C@@H](C)NC(=O)[C@H](C)N(Cc1ccc(F)cc1)C(=O)CN(c1cc(C)ccc1OC)S(=O)(=O)c1ccc(C)cc1. The Morgan fingerprint density at radius 2 is 1.56 bits per heavy atom. The summed E-state index contributed by atoms with van der Waals surface area (Å²) in [6.45, 7) is 8.40. The lowest BCUT2D eigenvalue weighted by Crippen LogP contribution is -2.52. The highest BCUT2D eigenvalue weighted by Crippen LogP contribution is 2.34. The monoisotopic (exact) mass is 583 g/mol. The van der Waals surface area contributed by atoms with Crippen LogP contribution in [0.2, 0.25) is 0 Å². The molecule has 0 aliphatic carbocycles. The van der Waals surface area contributed by atoms with Crippen LogP contribution in [0.5, 0.6) is 5.75 Å². The van der Waals surface area contributed by atoms with Gasteiger partial charge < -0.3 is 15.0 Å². The van der Waals surface area contributed by atoms with Gasteiger partial charge in [-0.25, -0.2) is 12.8 Å². The summed E-state index contributed by atoms with van der Waals surface area (Å²) < 4.78 is 48.2.